The van der Waals surface area contributed by atoms with Gasteiger partial charge in [0.25, 0.3) is 5.56 Å². The zero-order chi connectivity index (χ0) is 22.4. The molecule has 0 spiro atoms. The Labute approximate surface area is 218 Å². The van der Waals surface area contributed by atoms with Crippen LogP contribution in [-0.2, 0) is 6.61 Å². The fraction of sp³-hybridized carbons (Fsp3) is 0.0435. The molecule has 0 N–H and O–H groups in total. The summed E-state index contributed by atoms with van der Waals surface area (Å²) in [6, 6.07) is 16.9. The monoisotopic (exact) mass is 656 g/mol. The summed E-state index contributed by atoms with van der Waals surface area (Å²) in [6.45, 7) is 0.313. The van der Waals surface area contributed by atoms with Crippen LogP contribution in [0.15, 0.2) is 63.9 Å². The lowest BCUT2D eigenvalue weighted by Gasteiger charge is -2.12. The summed E-state index contributed by atoms with van der Waals surface area (Å²) >= 11 is 19.4. The van der Waals surface area contributed by atoms with Crippen molar-refractivity contribution in [3.8, 4) is 5.75 Å². The number of hydrogen-bond acceptors (Lipinski definition) is 4. The van der Waals surface area contributed by atoms with Gasteiger partial charge in [-0.25, -0.2) is 9.38 Å². The van der Waals surface area contributed by atoms with Gasteiger partial charge in [-0.1, -0.05) is 52.7 Å². The number of fused-ring (bicyclic) bond motifs is 3. The third-order valence-electron chi connectivity index (χ3n) is 4.85. The second kappa shape index (κ2) is 8.95. The van der Waals surface area contributed by atoms with Crippen LogP contribution in [0.1, 0.15) is 11.1 Å². The van der Waals surface area contributed by atoms with Crippen LogP contribution >= 0.6 is 73.1 Å². The number of aromatic nitrogens is 2. The van der Waals surface area contributed by atoms with Crippen molar-refractivity contribution in [2.45, 2.75) is 6.61 Å². The molecule has 5 rings (SSSR count). The quantitative estimate of drug-likeness (QED) is 0.202. The van der Waals surface area contributed by atoms with Crippen LogP contribution in [0.3, 0.4) is 0 Å². The van der Waals surface area contributed by atoms with E-state index in [1.54, 1.807) is 16.5 Å². The highest BCUT2D eigenvalue weighted by Crippen LogP contribution is 2.33. The van der Waals surface area contributed by atoms with Gasteiger partial charge in [-0.3, -0.25) is 4.79 Å². The molecule has 3 aromatic carbocycles. The third kappa shape index (κ3) is 4.17. The van der Waals surface area contributed by atoms with Crippen molar-refractivity contribution in [2.24, 2.45) is 0 Å². The van der Waals surface area contributed by atoms with Gasteiger partial charge in [0, 0.05) is 15.6 Å². The number of nitrogens with zero attached hydrogens (tertiary/aromatic N) is 2. The first-order valence-corrected chi connectivity index (χ1v) is 12.8. The Hall–Kier alpha value is -1.65. The first-order chi connectivity index (χ1) is 15.4. The molecule has 0 unspecified atom stereocenters. The standard InChI is InChI=1S/C23H12BrCl2IN2O2S/c24-15-7-12(8-17(27)21(15)31-11-13-5-6-14(25)10-16(13)26)9-20-22(30)29-19-4-2-1-3-18(19)28-23(29)32-20/h1-10H,11H2/b20-9-. The maximum Gasteiger partial charge on any atom is 0.274 e. The lowest BCUT2D eigenvalue weighted by Crippen LogP contribution is -2.22. The highest BCUT2D eigenvalue weighted by Gasteiger charge is 2.13. The van der Waals surface area contributed by atoms with Crippen molar-refractivity contribution >= 4 is 95.1 Å². The SMILES string of the molecule is O=c1/c(=C/c2cc(Br)c(OCc3ccc(Cl)cc3Cl)c(I)c2)sc2nc3ccccc3n12. The third-order valence-corrected chi connectivity index (χ3v) is 7.80. The van der Waals surface area contributed by atoms with Crippen LogP contribution in [-0.4, -0.2) is 9.38 Å². The van der Waals surface area contributed by atoms with Crippen molar-refractivity contribution in [1.82, 2.24) is 9.38 Å². The molecule has 4 nitrogen and oxygen atoms in total. The summed E-state index contributed by atoms with van der Waals surface area (Å²) in [4.78, 5) is 18.3. The van der Waals surface area contributed by atoms with Gasteiger partial charge in [-0.2, -0.15) is 0 Å². The number of rotatable bonds is 4. The average Bonchev–Trinajstić information content (AvgIpc) is 3.25. The lowest BCUT2D eigenvalue weighted by atomic mass is 10.2. The average molecular weight is 658 g/mol. The molecule has 0 radical (unpaired) electrons. The zero-order valence-corrected chi connectivity index (χ0v) is 22.2. The number of halogens is 4. The Balaban J connectivity index is 1.48. The molecule has 2 aromatic heterocycles. The number of benzene rings is 3. The van der Waals surface area contributed by atoms with Gasteiger partial charge in [0.15, 0.2) is 4.96 Å². The lowest BCUT2D eigenvalue weighted by molar-refractivity contribution is 0.302. The number of imidazole rings is 1. The minimum absolute atomic E-state index is 0.0671. The summed E-state index contributed by atoms with van der Waals surface area (Å²) in [5.41, 5.74) is 3.32. The highest BCUT2D eigenvalue weighted by atomic mass is 127. The summed E-state index contributed by atoms with van der Waals surface area (Å²) in [6.07, 6.45) is 1.88. The van der Waals surface area contributed by atoms with E-state index in [-0.39, 0.29) is 5.56 Å². The first-order valence-electron chi connectivity index (χ1n) is 9.38. The molecule has 160 valence electrons. The fourth-order valence-electron chi connectivity index (χ4n) is 3.35. The normalized spacial score (nSPS) is 12.2. The van der Waals surface area contributed by atoms with E-state index in [1.165, 1.54) is 11.3 Å². The summed E-state index contributed by atoms with van der Waals surface area (Å²) in [7, 11) is 0. The van der Waals surface area contributed by atoms with Crippen molar-refractivity contribution < 1.29 is 4.74 Å². The largest absolute Gasteiger partial charge is 0.487 e. The second-order valence-corrected chi connectivity index (χ2v) is 10.8. The van der Waals surface area contributed by atoms with Crippen molar-refractivity contribution in [1.29, 1.82) is 0 Å². The zero-order valence-electron chi connectivity index (χ0n) is 16.1. The first kappa shape index (κ1) is 22.2. The molecule has 0 aliphatic carbocycles. The predicted molar refractivity (Wildman–Crippen MR) is 143 cm³/mol. The van der Waals surface area contributed by atoms with Crippen molar-refractivity contribution in [3.63, 3.8) is 0 Å². The smallest absolute Gasteiger partial charge is 0.274 e. The molecule has 0 saturated carbocycles. The van der Waals surface area contributed by atoms with Gasteiger partial charge in [0.05, 0.1) is 23.6 Å². The van der Waals surface area contributed by atoms with Gasteiger partial charge in [0.2, 0.25) is 0 Å². The molecular formula is C23H12BrCl2IN2O2S. The summed E-state index contributed by atoms with van der Waals surface area (Å²) in [5, 5.41) is 1.15. The molecule has 0 amide bonds. The van der Waals surface area contributed by atoms with Crippen LogP contribution in [0.2, 0.25) is 10.0 Å². The van der Waals surface area contributed by atoms with E-state index in [0.29, 0.717) is 31.9 Å². The molecular weight excluding hydrogens is 646 g/mol. The minimum atomic E-state index is -0.0671. The Bertz CT molecular complexity index is 1590. The van der Waals surface area contributed by atoms with Crippen molar-refractivity contribution in [2.75, 3.05) is 0 Å². The second-order valence-electron chi connectivity index (χ2n) is 6.97. The number of thiazole rings is 1. The van der Waals surface area contributed by atoms with E-state index in [9.17, 15) is 4.79 Å². The molecule has 32 heavy (non-hydrogen) atoms. The Morgan fingerprint density at radius 1 is 1.16 bits per heavy atom. The summed E-state index contributed by atoms with van der Waals surface area (Å²) in [5.74, 6) is 0.711. The molecule has 2 heterocycles. The van der Waals surface area contributed by atoms with E-state index >= 15 is 0 Å². The van der Waals surface area contributed by atoms with Crippen LogP contribution in [0.4, 0.5) is 0 Å². The van der Waals surface area contributed by atoms with Crippen LogP contribution < -0.4 is 14.8 Å². The molecule has 0 atom stereocenters. The van der Waals surface area contributed by atoms with Crippen molar-refractivity contribution in [3.05, 3.63) is 98.7 Å². The molecule has 0 bridgehead atoms. The summed E-state index contributed by atoms with van der Waals surface area (Å²) < 4.78 is 10.0. The predicted octanol–water partition coefficient (Wildman–Crippen LogP) is 6.71. The van der Waals surface area contributed by atoms with E-state index < -0.39 is 0 Å². The number of ether oxygens (including phenoxy) is 1. The molecule has 9 heteroatoms. The Morgan fingerprint density at radius 2 is 1.97 bits per heavy atom. The van der Waals surface area contributed by atoms with Crippen LogP contribution in [0.5, 0.6) is 5.75 Å². The Morgan fingerprint density at radius 3 is 2.75 bits per heavy atom. The van der Waals surface area contributed by atoms with E-state index in [1.807, 2.05) is 48.5 Å². The van der Waals surface area contributed by atoms with Crippen LogP contribution in [0.25, 0.3) is 22.1 Å². The molecule has 0 fully saturated rings. The van der Waals surface area contributed by atoms with Gasteiger partial charge in [-0.15, -0.1) is 0 Å². The van der Waals surface area contributed by atoms with Gasteiger partial charge < -0.3 is 4.74 Å². The minimum Gasteiger partial charge on any atom is -0.487 e. The number of hydrogen-bond donors (Lipinski definition) is 0. The van der Waals surface area contributed by atoms with Gasteiger partial charge in [0.1, 0.15) is 12.4 Å². The van der Waals surface area contributed by atoms with Crippen LogP contribution in [0, 0.1) is 3.57 Å². The fourth-order valence-corrected chi connectivity index (χ4v) is 6.57. The molecule has 0 aliphatic heterocycles. The maximum atomic E-state index is 13.0. The molecule has 5 aromatic rings. The van der Waals surface area contributed by atoms with E-state index in [4.69, 9.17) is 27.9 Å². The topological polar surface area (TPSA) is 43.6 Å². The van der Waals surface area contributed by atoms with Gasteiger partial charge >= 0.3 is 0 Å². The van der Waals surface area contributed by atoms with E-state index in [2.05, 4.69) is 43.5 Å². The number of para-hydroxylation sites is 2. The van der Waals surface area contributed by atoms with E-state index in [0.717, 1.165) is 30.2 Å². The van der Waals surface area contributed by atoms with Gasteiger partial charge in [-0.05, 0) is 86.6 Å². The maximum absolute atomic E-state index is 13.0. The Kier molecular flexibility index (Phi) is 6.19. The molecule has 0 saturated heterocycles. The highest BCUT2D eigenvalue weighted by molar-refractivity contribution is 14.1. The molecule has 0 aliphatic rings.